The molecule has 3 unspecified atom stereocenters. The summed E-state index contributed by atoms with van der Waals surface area (Å²) in [5.74, 6) is -0.801. The minimum atomic E-state index is -2.73. The molecule has 0 spiro atoms. The predicted molar refractivity (Wildman–Crippen MR) is 139 cm³/mol. The zero-order chi connectivity index (χ0) is 25.2. The molecule has 0 amide bonds. The summed E-state index contributed by atoms with van der Waals surface area (Å²) in [5.41, 5.74) is -1.06. The van der Waals surface area contributed by atoms with E-state index in [1.165, 1.54) is 10.4 Å². The molecule has 5 nitrogen and oxygen atoms in total. The Morgan fingerprint density at radius 1 is 0.941 bits per heavy atom. The first kappa shape index (κ1) is 27.1. The van der Waals surface area contributed by atoms with Crippen LogP contribution < -0.4 is 10.4 Å². The Hall–Kier alpha value is -1.54. The van der Waals surface area contributed by atoms with Gasteiger partial charge in [-0.25, -0.2) is 0 Å². The Labute approximate surface area is 206 Å². The van der Waals surface area contributed by atoms with Crippen molar-refractivity contribution in [1.29, 1.82) is 0 Å². The Morgan fingerprint density at radius 2 is 1.44 bits per heavy atom. The van der Waals surface area contributed by atoms with Gasteiger partial charge in [0.05, 0.1) is 12.2 Å². The predicted octanol–water partition coefficient (Wildman–Crippen LogP) is 4.26. The van der Waals surface area contributed by atoms with Gasteiger partial charge in [-0.05, 0) is 42.6 Å². The van der Waals surface area contributed by atoms with E-state index in [4.69, 9.17) is 18.6 Å². The van der Waals surface area contributed by atoms with Crippen molar-refractivity contribution in [1.82, 2.24) is 0 Å². The first-order valence-electron chi connectivity index (χ1n) is 12.2. The molecule has 2 aromatic carbocycles. The van der Waals surface area contributed by atoms with Crippen LogP contribution >= 0.6 is 0 Å². The molecular formula is C28H42O5Si. The molecule has 1 heterocycles. The summed E-state index contributed by atoms with van der Waals surface area (Å²) in [4.78, 5) is 0. The molecule has 0 radical (unpaired) electrons. The van der Waals surface area contributed by atoms with E-state index in [0.29, 0.717) is 13.0 Å². The maximum absolute atomic E-state index is 11.1. The molecule has 6 heteroatoms. The fourth-order valence-electron chi connectivity index (χ4n) is 5.16. The van der Waals surface area contributed by atoms with Crippen LogP contribution in [0.1, 0.15) is 54.9 Å². The van der Waals surface area contributed by atoms with Gasteiger partial charge in [0, 0.05) is 7.11 Å². The second kappa shape index (κ2) is 10.2. The van der Waals surface area contributed by atoms with E-state index in [1.807, 2.05) is 32.9 Å². The van der Waals surface area contributed by atoms with Gasteiger partial charge >= 0.3 is 0 Å². The lowest BCUT2D eigenvalue weighted by atomic mass is 9.89. The Bertz CT molecular complexity index is 868. The molecule has 34 heavy (non-hydrogen) atoms. The van der Waals surface area contributed by atoms with Gasteiger partial charge in [0.1, 0.15) is 18.3 Å². The largest absolute Gasteiger partial charge is 0.405 e. The molecule has 1 saturated heterocycles. The summed E-state index contributed by atoms with van der Waals surface area (Å²) in [5, 5.41) is 13.3. The minimum Gasteiger partial charge on any atom is -0.405 e. The van der Waals surface area contributed by atoms with Crippen LogP contribution in [0, 0.1) is 0 Å². The molecule has 188 valence electrons. The first-order valence-corrected chi connectivity index (χ1v) is 14.1. The molecule has 1 fully saturated rings. The Morgan fingerprint density at radius 3 is 1.85 bits per heavy atom. The van der Waals surface area contributed by atoms with Crippen LogP contribution in [0.2, 0.25) is 5.04 Å². The highest BCUT2D eigenvalue weighted by Gasteiger charge is 2.54. The van der Waals surface area contributed by atoms with Crippen LogP contribution in [-0.4, -0.2) is 56.8 Å². The Kier molecular flexibility index (Phi) is 8.12. The van der Waals surface area contributed by atoms with Crippen LogP contribution in [0.4, 0.5) is 0 Å². The summed E-state index contributed by atoms with van der Waals surface area (Å²) in [6.07, 6.45) is -0.867. The van der Waals surface area contributed by atoms with Gasteiger partial charge in [0.2, 0.25) is 0 Å². The van der Waals surface area contributed by atoms with Crippen molar-refractivity contribution >= 4 is 18.7 Å². The number of hydrogen-bond donors (Lipinski definition) is 1. The van der Waals surface area contributed by atoms with Crippen molar-refractivity contribution in [2.24, 2.45) is 0 Å². The summed E-state index contributed by atoms with van der Waals surface area (Å²) < 4.78 is 25.5. The van der Waals surface area contributed by atoms with Gasteiger partial charge in [-0.1, -0.05) is 88.4 Å². The number of rotatable bonds is 9. The molecule has 3 rings (SSSR count). The van der Waals surface area contributed by atoms with Crippen LogP contribution in [0.15, 0.2) is 60.7 Å². The van der Waals surface area contributed by atoms with Gasteiger partial charge in [0.25, 0.3) is 8.32 Å². The highest BCUT2D eigenvalue weighted by atomic mass is 28.4. The molecule has 1 aliphatic rings. The van der Waals surface area contributed by atoms with Crippen molar-refractivity contribution in [3.05, 3.63) is 60.7 Å². The van der Waals surface area contributed by atoms with E-state index in [2.05, 4.69) is 69.3 Å². The summed E-state index contributed by atoms with van der Waals surface area (Å²) >= 11 is 0. The second-order valence-corrected chi connectivity index (χ2v) is 15.3. The number of ether oxygens (including phenoxy) is 3. The van der Waals surface area contributed by atoms with Crippen LogP contribution in [0.3, 0.4) is 0 Å². The quantitative estimate of drug-likeness (QED) is 0.537. The highest BCUT2D eigenvalue weighted by molar-refractivity contribution is 6.99. The average Bonchev–Trinajstić information content (AvgIpc) is 3.09. The third-order valence-electron chi connectivity index (χ3n) is 6.98. The first-order chi connectivity index (χ1) is 15.9. The number of hydrogen-bond acceptors (Lipinski definition) is 5. The van der Waals surface area contributed by atoms with Gasteiger partial charge in [-0.15, -0.1) is 0 Å². The van der Waals surface area contributed by atoms with Gasteiger partial charge < -0.3 is 23.7 Å². The topological polar surface area (TPSA) is 57.2 Å². The van der Waals surface area contributed by atoms with Crippen LogP contribution in [-0.2, 0) is 18.6 Å². The van der Waals surface area contributed by atoms with Gasteiger partial charge in [-0.2, -0.15) is 0 Å². The molecule has 4 atom stereocenters. The lowest BCUT2D eigenvalue weighted by molar-refractivity contribution is -0.181. The summed E-state index contributed by atoms with van der Waals surface area (Å²) in [7, 11) is -1.12. The zero-order valence-corrected chi connectivity index (χ0v) is 23.0. The number of aliphatic hydroxyl groups is 1. The fraction of sp³-hybridized carbons (Fsp3) is 0.571. The molecule has 1 aliphatic heterocycles. The Balaban J connectivity index is 2.03. The van der Waals surface area contributed by atoms with Crippen LogP contribution in [0.25, 0.3) is 0 Å². The molecule has 2 aromatic rings. The van der Waals surface area contributed by atoms with Crippen LogP contribution in [0.5, 0.6) is 0 Å². The lowest BCUT2D eigenvalue weighted by Crippen LogP contribution is -2.67. The normalized spacial score (nSPS) is 23.4. The van der Waals surface area contributed by atoms with E-state index in [0.717, 1.165) is 0 Å². The van der Waals surface area contributed by atoms with E-state index in [-0.39, 0.29) is 11.1 Å². The SMILES string of the molecule is CC[C@](C)(O)C(OC)C1OC(C)(C)OC1CO[Si](c1ccccc1)(c1ccccc1)C(C)(C)C. The lowest BCUT2D eigenvalue weighted by Gasteiger charge is -2.44. The molecule has 0 bridgehead atoms. The standard InChI is InChI=1S/C28H42O5Si/c1-9-28(7,29)25(30-8)24-23(32-27(5,6)33-24)20-31-34(26(2,3)4,21-16-12-10-13-17-21)22-18-14-11-15-19-22/h10-19,23-25,29H,9,20H2,1-8H3/t23?,24?,25?,28-/m0/s1. The number of benzene rings is 2. The van der Waals surface area contributed by atoms with Gasteiger partial charge in [0.15, 0.2) is 5.79 Å². The molecule has 0 aromatic heterocycles. The maximum Gasteiger partial charge on any atom is 0.261 e. The summed E-state index contributed by atoms with van der Waals surface area (Å²) in [6, 6.07) is 21.1. The average molecular weight is 487 g/mol. The monoisotopic (exact) mass is 486 g/mol. The molecule has 0 saturated carbocycles. The minimum absolute atomic E-state index is 0.143. The van der Waals surface area contributed by atoms with E-state index in [9.17, 15) is 5.11 Å². The van der Waals surface area contributed by atoms with Crippen molar-refractivity contribution in [3.8, 4) is 0 Å². The highest BCUT2D eigenvalue weighted by Crippen LogP contribution is 2.39. The van der Waals surface area contributed by atoms with E-state index < -0.39 is 31.9 Å². The van der Waals surface area contributed by atoms with E-state index >= 15 is 0 Å². The molecular weight excluding hydrogens is 444 g/mol. The smallest absolute Gasteiger partial charge is 0.261 e. The van der Waals surface area contributed by atoms with Crippen molar-refractivity contribution in [2.45, 2.75) is 89.6 Å². The second-order valence-electron chi connectivity index (χ2n) is 11.0. The van der Waals surface area contributed by atoms with Gasteiger partial charge in [-0.3, -0.25) is 0 Å². The van der Waals surface area contributed by atoms with Crippen molar-refractivity contribution in [3.63, 3.8) is 0 Å². The van der Waals surface area contributed by atoms with Crippen molar-refractivity contribution < 1.29 is 23.7 Å². The number of methoxy groups -OCH3 is 1. The summed E-state index contributed by atoms with van der Waals surface area (Å²) in [6.45, 7) is 14.6. The zero-order valence-electron chi connectivity index (χ0n) is 22.0. The molecule has 1 N–H and O–H groups in total. The maximum atomic E-state index is 11.1. The van der Waals surface area contributed by atoms with Crippen molar-refractivity contribution in [2.75, 3.05) is 13.7 Å². The third kappa shape index (κ3) is 5.32. The van der Waals surface area contributed by atoms with E-state index in [1.54, 1.807) is 14.0 Å². The fourth-order valence-corrected chi connectivity index (χ4v) is 9.73. The third-order valence-corrected chi connectivity index (χ3v) is 12.0. The molecule has 0 aliphatic carbocycles.